The number of imide groups is 1. The second-order valence-corrected chi connectivity index (χ2v) is 17.0. The normalized spacial score (nSPS) is 18.9. The Bertz CT molecular complexity index is 2060. The van der Waals surface area contributed by atoms with Crippen molar-refractivity contribution < 1.29 is 36.8 Å². The third kappa shape index (κ3) is 9.36. The van der Waals surface area contributed by atoms with Crippen LogP contribution < -0.4 is 4.90 Å². The molecule has 0 bridgehead atoms. The molecule has 12 heteroatoms. The fraction of sp³-hybridized carbons (Fsp3) is 0.442. The quantitative estimate of drug-likeness (QED) is 0.0558. The van der Waals surface area contributed by atoms with Crippen LogP contribution >= 0.6 is 0 Å². The van der Waals surface area contributed by atoms with Crippen LogP contribution in [0.4, 0.5) is 17.1 Å². The summed E-state index contributed by atoms with van der Waals surface area (Å²) in [5, 5.41) is 0.598. The lowest BCUT2D eigenvalue weighted by molar-refractivity contribution is -0.437. The smallest absolute Gasteiger partial charge is 0.333 e. The third-order valence-corrected chi connectivity index (χ3v) is 12.0. The first-order valence-electron chi connectivity index (χ1n) is 19.0. The zero-order valence-electron chi connectivity index (χ0n) is 33.1. The average molecular weight is 771 g/mol. The standard InChI is InChI=1S/C43H54N4O7S/c1-31-32(2)45(27-16-10-15-22-41(50)54-47-39(48)25-26-40(47)49)37(42(31,3)4)20-13-9-14-21-38-43(5,6)35-30-34(44(7)33-18-11-8-12-19-33)23-24-36(35)46(38)28-17-29-55(51,52)53/h8-9,11-14,18-21,23-24,30H,10,15-17,22,25-29H2,1-7H3. The summed E-state index contributed by atoms with van der Waals surface area (Å²) in [4.78, 5) is 45.2. The lowest BCUT2D eigenvalue weighted by atomic mass is 9.81. The molecule has 5 rings (SSSR count). The molecule has 0 aliphatic carbocycles. The molecule has 0 radical (unpaired) electrons. The van der Waals surface area contributed by atoms with Gasteiger partial charge < -0.3 is 19.2 Å². The van der Waals surface area contributed by atoms with E-state index in [1.807, 2.05) is 43.5 Å². The van der Waals surface area contributed by atoms with Crippen LogP contribution in [-0.2, 0) is 34.8 Å². The number of rotatable bonds is 16. The second-order valence-electron chi connectivity index (χ2n) is 15.5. The molecule has 0 atom stereocenters. The second kappa shape index (κ2) is 16.9. The Labute approximate surface area is 326 Å². The Kier molecular flexibility index (Phi) is 12.7. The number of nitrogens with zero attached hydrogens (tertiary/aromatic N) is 4. The molecule has 0 unspecified atom stereocenters. The number of carbonyl (C=O) groups is 3. The number of para-hydroxylation sites is 1. The van der Waals surface area contributed by atoms with Crippen LogP contribution in [-0.4, -0.2) is 76.9 Å². The highest BCUT2D eigenvalue weighted by Crippen LogP contribution is 2.47. The van der Waals surface area contributed by atoms with Gasteiger partial charge in [0.2, 0.25) is 5.69 Å². The summed E-state index contributed by atoms with van der Waals surface area (Å²) < 4.78 is 36.6. The molecule has 11 nitrogen and oxygen atoms in total. The van der Waals surface area contributed by atoms with E-state index in [-0.39, 0.29) is 31.1 Å². The highest BCUT2D eigenvalue weighted by atomic mass is 32.2. The van der Waals surface area contributed by atoms with Gasteiger partial charge in [0.05, 0.1) is 15.5 Å². The van der Waals surface area contributed by atoms with E-state index in [0.29, 0.717) is 18.0 Å². The fourth-order valence-electron chi connectivity index (χ4n) is 7.64. The van der Waals surface area contributed by atoms with Crippen molar-refractivity contribution in [3.63, 3.8) is 0 Å². The molecule has 0 aromatic heterocycles. The van der Waals surface area contributed by atoms with Gasteiger partial charge in [0.25, 0.3) is 11.8 Å². The minimum absolute atomic E-state index is 0.0754. The first-order valence-corrected chi connectivity index (χ1v) is 20.6. The lowest BCUT2D eigenvalue weighted by Gasteiger charge is -2.28. The topological polar surface area (TPSA) is 130 Å². The van der Waals surface area contributed by atoms with E-state index in [0.717, 1.165) is 47.7 Å². The molecular formula is C43H54N4O7S. The van der Waals surface area contributed by atoms with E-state index in [2.05, 4.69) is 98.4 Å². The van der Waals surface area contributed by atoms with Crippen LogP contribution in [0.5, 0.6) is 0 Å². The molecule has 3 aliphatic rings. The Morgan fingerprint density at radius 2 is 1.60 bits per heavy atom. The van der Waals surface area contributed by atoms with Crippen molar-refractivity contribution in [3.05, 3.63) is 101 Å². The summed E-state index contributed by atoms with van der Waals surface area (Å²) in [5.41, 5.74) is 8.34. The van der Waals surface area contributed by atoms with Crippen molar-refractivity contribution in [2.75, 3.05) is 30.8 Å². The van der Waals surface area contributed by atoms with Crippen molar-refractivity contribution in [2.45, 2.75) is 91.9 Å². The Balaban J connectivity index is 1.29. The van der Waals surface area contributed by atoms with Gasteiger partial charge in [0, 0.05) is 90.9 Å². The number of anilines is 2. The maximum absolute atomic E-state index is 12.2. The number of benzene rings is 2. The molecule has 2 aromatic rings. The van der Waals surface area contributed by atoms with E-state index in [9.17, 15) is 27.4 Å². The summed E-state index contributed by atoms with van der Waals surface area (Å²) in [6, 6.07) is 16.5. The summed E-state index contributed by atoms with van der Waals surface area (Å²) in [5.74, 6) is -1.94. The van der Waals surface area contributed by atoms with E-state index >= 15 is 0 Å². The molecule has 1 fully saturated rings. The van der Waals surface area contributed by atoms with Crippen molar-refractivity contribution in [3.8, 4) is 0 Å². The summed E-state index contributed by atoms with van der Waals surface area (Å²) in [7, 11) is -2.30. The fourth-order valence-corrected chi connectivity index (χ4v) is 8.13. The molecule has 55 heavy (non-hydrogen) atoms. The Morgan fingerprint density at radius 1 is 0.909 bits per heavy atom. The van der Waals surface area contributed by atoms with E-state index in [1.165, 1.54) is 17.0 Å². The van der Waals surface area contributed by atoms with Gasteiger partial charge in [-0.2, -0.15) is 4.58 Å². The highest BCUT2D eigenvalue weighted by Gasteiger charge is 2.44. The van der Waals surface area contributed by atoms with Crippen molar-refractivity contribution in [2.24, 2.45) is 5.41 Å². The summed E-state index contributed by atoms with van der Waals surface area (Å²) >= 11 is 0. The van der Waals surface area contributed by atoms with Gasteiger partial charge in [-0.15, -0.1) is 5.06 Å². The molecule has 294 valence electrons. The SMILES string of the molecule is CC1=C(C)C(C)(C)\C(=C/C=C/C=C/C2=[N+](CCCS(=O)(=O)[O-])c3ccc(N(C)c4ccccc4)cc3C2(C)C)N1CCCCCC(=O)ON1C(=O)CCC1=O. The summed E-state index contributed by atoms with van der Waals surface area (Å²) in [6.07, 6.45) is 13.0. The molecule has 2 aromatic carbocycles. The molecular weight excluding hydrogens is 717 g/mol. The number of allylic oxidation sites excluding steroid dienone is 7. The largest absolute Gasteiger partial charge is 0.748 e. The number of hydrogen-bond acceptors (Lipinski definition) is 9. The van der Waals surface area contributed by atoms with Crippen molar-refractivity contribution in [1.29, 1.82) is 0 Å². The van der Waals surface area contributed by atoms with Gasteiger partial charge in [0.1, 0.15) is 6.54 Å². The molecule has 3 heterocycles. The third-order valence-electron chi connectivity index (χ3n) is 11.2. The summed E-state index contributed by atoms with van der Waals surface area (Å²) in [6.45, 7) is 14.2. The predicted molar refractivity (Wildman–Crippen MR) is 214 cm³/mol. The number of unbranched alkanes of at least 4 members (excludes halogenated alkanes) is 2. The maximum Gasteiger partial charge on any atom is 0.333 e. The van der Waals surface area contributed by atoms with Gasteiger partial charge in [0.15, 0.2) is 5.71 Å². The van der Waals surface area contributed by atoms with E-state index < -0.39 is 39.1 Å². The maximum atomic E-state index is 12.2. The predicted octanol–water partition coefficient (Wildman–Crippen LogP) is 7.57. The number of carbonyl (C=O) groups excluding carboxylic acids is 3. The Hall–Kier alpha value is -4.81. The van der Waals surface area contributed by atoms with Crippen LogP contribution in [0.3, 0.4) is 0 Å². The number of amides is 2. The van der Waals surface area contributed by atoms with Gasteiger partial charge in [-0.25, -0.2) is 13.2 Å². The van der Waals surface area contributed by atoms with Crippen molar-refractivity contribution in [1.82, 2.24) is 9.96 Å². The van der Waals surface area contributed by atoms with Crippen LogP contribution in [0.2, 0.25) is 0 Å². The van der Waals surface area contributed by atoms with E-state index in [1.54, 1.807) is 0 Å². The van der Waals surface area contributed by atoms with Gasteiger partial charge in [-0.05, 0) is 76.5 Å². The molecule has 2 amide bonds. The molecule has 0 saturated carbocycles. The van der Waals surface area contributed by atoms with Crippen molar-refractivity contribution >= 4 is 50.7 Å². The van der Waals surface area contributed by atoms with Gasteiger partial charge in [-0.3, -0.25) is 9.59 Å². The minimum atomic E-state index is -4.34. The van der Waals surface area contributed by atoms with E-state index in [4.69, 9.17) is 4.84 Å². The number of fused-ring (bicyclic) bond motifs is 1. The monoisotopic (exact) mass is 770 g/mol. The molecule has 3 aliphatic heterocycles. The number of hydroxylamine groups is 2. The first-order chi connectivity index (χ1) is 25.9. The van der Waals surface area contributed by atoms with Crippen LogP contribution in [0.1, 0.15) is 92.1 Å². The number of hydrogen-bond donors (Lipinski definition) is 0. The van der Waals surface area contributed by atoms with Crippen LogP contribution in [0.15, 0.2) is 95.9 Å². The Morgan fingerprint density at radius 3 is 2.27 bits per heavy atom. The molecule has 0 spiro atoms. The zero-order valence-corrected chi connectivity index (χ0v) is 33.9. The molecule has 1 saturated heterocycles. The van der Waals surface area contributed by atoms with Crippen LogP contribution in [0, 0.1) is 5.41 Å². The zero-order chi connectivity index (χ0) is 40.1. The van der Waals surface area contributed by atoms with Gasteiger partial charge in [-0.1, -0.05) is 56.7 Å². The average Bonchev–Trinajstić information content (AvgIpc) is 3.62. The lowest BCUT2D eigenvalue weighted by Crippen LogP contribution is -2.31. The van der Waals surface area contributed by atoms with Crippen LogP contribution in [0.25, 0.3) is 0 Å². The first kappa shape index (κ1) is 41.4. The minimum Gasteiger partial charge on any atom is -0.748 e. The highest BCUT2D eigenvalue weighted by molar-refractivity contribution is 7.85. The molecule has 0 N–H and O–H groups in total. The van der Waals surface area contributed by atoms with Gasteiger partial charge >= 0.3 is 5.97 Å².